The second-order valence-corrected chi connectivity index (χ2v) is 7.51. The molecule has 2 heterocycles. The zero-order valence-corrected chi connectivity index (χ0v) is 18.5. The molecule has 31 heavy (non-hydrogen) atoms. The third kappa shape index (κ3) is 6.05. The van der Waals surface area contributed by atoms with Crippen molar-refractivity contribution in [1.29, 1.82) is 0 Å². The molecule has 1 aromatic carbocycles. The largest absolute Gasteiger partial charge is 0.497 e. The first-order chi connectivity index (χ1) is 14.6. The molecule has 0 radical (unpaired) electrons. The van der Waals surface area contributed by atoms with Crippen molar-refractivity contribution in [3.8, 4) is 17.0 Å². The number of anilines is 1. The molecule has 1 aliphatic heterocycles. The summed E-state index contributed by atoms with van der Waals surface area (Å²) in [4.78, 5) is 9.79. The maximum Gasteiger partial charge on any atom is 0.148 e. The third-order valence-corrected chi connectivity index (χ3v) is 5.41. The summed E-state index contributed by atoms with van der Waals surface area (Å²) < 4.78 is 29.0. The van der Waals surface area contributed by atoms with E-state index in [-0.39, 0.29) is 26.2 Å². The maximum absolute atomic E-state index is 12.4. The maximum atomic E-state index is 12.4. The van der Waals surface area contributed by atoms with E-state index >= 15 is 0 Å². The lowest BCUT2D eigenvalue weighted by molar-refractivity contribution is 0.0361. The number of halogens is 2. The Morgan fingerprint density at radius 3 is 2.61 bits per heavy atom. The van der Waals surface area contributed by atoms with E-state index in [9.17, 15) is 4.39 Å². The zero-order chi connectivity index (χ0) is 21.5. The molecular formula is C23H33ClFN3O3. The van der Waals surface area contributed by atoms with Crippen molar-refractivity contribution in [3.63, 3.8) is 0 Å². The molecule has 8 heteroatoms. The van der Waals surface area contributed by atoms with Crippen LogP contribution in [0.25, 0.3) is 11.3 Å². The van der Waals surface area contributed by atoms with Gasteiger partial charge in [-0.3, -0.25) is 4.39 Å². The van der Waals surface area contributed by atoms with Gasteiger partial charge in [-0.1, -0.05) is 32.9 Å². The molecule has 0 bridgehead atoms. The summed E-state index contributed by atoms with van der Waals surface area (Å²) in [5, 5.41) is 4.03. The molecule has 0 saturated carbocycles. The first-order valence-corrected chi connectivity index (χ1v) is 10.7. The number of rotatable bonds is 10. The van der Waals surface area contributed by atoms with E-state index in [4.69, 9.17) is 35.8 Å². The minimum Gasteiger partial charge on any atom is -0.497 e. The molecule has 3 rings (SSSR count). The SMILES string of the molecule is C.CCc1nc(-c2ccc(OC)cc2Cl)c(CC)nc1N[C@@H]1COC[C@@H]1OCCCF. The Hall–Kier alpha value is -1.96. The first kappa shape index (κ1) is 25.3. The van der Waals surface area contributed by atoms with Crippen LogP contribution in [0, 0.1) is 0 Å². The molecule has 1 aromatic heterocycles. The standard InChI is InChI=1S/C22H29ClFN3O3.CH4/c1-4-17-21(15-8-7-14(28-3)11-16(15)23)25-18(5-2)22(26-17)27-19-12-29-13-20(19)30-10-6-9-24;/h7-8,11,19-20H,4-6,9-10,12-13H2,1-3H3,(H,26,27);1H4/t19-,20+;/m1./s1. The Kier molecular flexibility index (Phi) is 9.93. The van der Waals surface area contributed by atoms with Crippen LogP contribution < -0.4 is 10.1 Å². The second kappa shape index (κ2) is 12.2. The molecule has 1 N–H and O–H groups in total. The summed E-state index contributed by atoms with van der Waals surface area (Å²) in [5.74, 6) is 1.43. The molecule has 0 unspecified atom stereocenters. The number of methoxy groups -OCH3 is 1. The Labute approximate surface area is 189 Å². The van der Waals surface area contributed by atoms with Crippen molar-refractivity contribution >= 4 is 17.4 Å². The van der Waals surface area contributed by atoms with Crippen LogP contribution in [-0.2, 0) is 22.3 Å². The van der Waals surface area contributed by atoms with Gasteiger partial charge in [0.15, 0.2) is 0 Å². The van der Waals surface area contributed by atoms with Crippen molar-refractivity contribution in [1.82, 2.24) is 9.97 Å². The van der Waals surface area contributed by atoms with Crippen LogP contribution >= 0.6 is 11.6 Å². The molecule has 2 atom stereocenters. The van der Waals surface area contributed by atoms with Crippen molar-refractivity contribution in [3.05, 3.63) is 34.6 Å². The van der Waals surface area contributed by atoms with Crippen molar-refractivity contribution in [2.45, 2.75) is 52.7 Å². The van der Waals surface area contributed by atoms with E-state index in [1.54, 1.807) is 13.2 Å². The highest BCUT2D eigenvalue weighted by atomic mass is 35.5. The van der Waals surface area contributed by atoms with E-state index < -0.39 is 0 Å². The number of ether oxygens (including phenoxy) is 3. The van der Waals surface area contributed by atoms with Gasteiger partial charge in [-0.25, -0.2) is 9.97 Å². The van der Waals surface area contributed by atoms with Gasteiger partial charge in [-0.15, -0.1) is 0 Å². The molecule has 172 valence electrons. The Morgan fingerprint density at radius 2 is 1.97 bits per heavy atom. The van der Waals surface area contributed by atoms with Gasteiger partial charge >= 0.3 is 0 Å². The van der Waals surface area contributed by atoms with E-state index in [2.05, 4.69) is 5.32 Å². The molecule has 6 nitrogen and oxygen atoms in total. The normalized spacial score (nSPS) is 18.0. The van der Waals surface area contributed by atoms with Gasteiger partial charge in [-0.2, -0.15) is 0 Å². The summed E-state index contributed by atoms with van der Waals surface area (Å²) >= 11 is 6.50. The number of hydrogen-bond donors (Lipinski definition) is 1. The van der Waals surface area contributed by atoms with Gasteiger partial charge in [-0.05, 0) is 37.5 Å². The molecule has 1 aliphatic rings. The summed E-state index contributed by atoms with van der Waals surface area (Å²) in [7, 11) is 1.61. The first-order valence-electron chi connectivity index (χ1n) is 10.4. The minimum atomic E-state index is -0.383. The van der Waals surface area contributed by atoms with Crippen LogP contribution in [0.3, 0.4) is 0 Å². The van der Waals surface area contributed by atoms with E-state index in [1.807, 2.05) is 26.0 Å². The lowest BCUT2D eigenvalue weighted by atomic mass is 10.1. The topological polar surface area (TPSA) is 65.5 Å². The predicted octanol–water partition coefficient (Wildman–Crippen LogP) is 5.12. The van der Waals surface area contributed by atoms with Crippen LogP contribution in [-0.4, -0.2) is 55.7 Å². The molecular weight excluding hydrogens is 421 g/mol. The van der Waals surface area contributed by atoms with E-state index in [0.29, 0.717) is 49.9 Å². The minimum absolute atomic E-state index is 0. The fourth-order valence-corrected chi connectivity index (χ4v) is 3.70. The second-order valence-electron chi connectivity index (χ2n) is 7.11. The van der Waals surface area contributed by atoms with Gasteiger partial charge in [0.1, 0.15) is 17.7 Å². The highest BCUT2D eigenvalue weighted by Gasteiger charge is 2.30. The zero-order valence-electron chi connectivity index (χ0n) is 17.7. The smallest absolute Gasteiger partial charge is 0.148 e. The quantitative estimate of drug-likeness (QED) is 0.503. The lowest BCUT2D eigenvalue weighted by Gasteiger charge is -2.22. The Morgan fingerprint density at radius 1 is 1.19 bits per heavy atom. The molecule has 0 amide bonds. The van der Waals surface area contributed by atoms with Gasteiger partial charge in [0.2, 0.25) is 0 Å². The Balaban J connectivity index is 0.00000341. The van der Waals surface area contributed by atoms with E-state index in [0.717, 1.165) is 28.5 Å². The number of alkyl halides is 1. The summed E-state index contributed by atoms with van der Waals surface area (Å²) in [6.45, 7) is 5.08. The monoisotopic (exact) mass is 453 g/mol. The number of aryl methyl sites for hydroxylation is 2. The molecule has 0 aliphatic carbocycles. The van der Waals surface area contributed by atoms with Crippen LogP contribution in [0.1, 0.15) is 39.1 Å². The van der Waals surface area contributed by atoms with Crippen molar-refractivity contribution in [2.24, 2.45) is 0 Å². The van der Waals surface area contributed by atoms with Crippen LogP contribution in [0.2, 0.25) is 5.02 Å². The fraction of sp³-hybridized carbons (Fsp3) is 0.565. The van der Waals surface area contributed by atoms with E-state index in [1.165, 1.54) is 0 Å². The lowest BCUT2D eigenvalue weighted by Crippen LogP contribution is -2.35. The summed E-state index contributed by atoms with van der Waals surface area (Å²) in [5.41, 5.74) is 3.32. The van der Waals surface area contributed by atoms with Gasteiger partial charge < -0.3 is 19.5 Å². The highest BCUT2D eigenvalue weighted by molar-refractivity contribution is 6.33. The van der Waals surface area contributed by atoms with Gasteiger partial charge in [0.05, 0.1) is 55.1 Å². The molecule has 1 saturated heterocycles. The van der Waals surface area contributed by atoms with Crippen LogP contribution in [0.5, 0.6) is 5.75 Å². The summed E-state index contributed by atoms with van der Waals surface area (Å²) in [6.07, 6.45) is 1.67. The molecule has 2 aromatic rings. The third-order valence-electron chi connectivity index (χ3n) is 5.10. The van der Waals surface area contributed by atoms with Crippen molar-refractivity contribution < 1.29 is 18.6 Å². The highest BCUT2D eigenvalue weighted by Crippen LogP contribution is 2.33. The van der Waals surface area contributed by atoms with Crippen LogP contribution in [0.15, 0.2) is 18.2 Å². The number of nitrogens with one attached hydrogen (secondary N) is 1. The average Bonchev–Trinajstić information content (AvgIpc) is 3.20. The number of nitrogens with zero attached hydrogens (tertiary/aromatic N) is 2. The summed E-state index contributed by atoms with van der Waals surface area (Å²) in [6, 6.07) is 5.51. The van der Waals surface area contributed by atoms with Crippen LogP contribution in [0.4, 0.5) is 10.2 Å². The van der Waals surface area contributed by atoms with Gasteiger partial charge in [0, 0.05) is 12.2 Å². The van der Waals surface area contributed by atoms with Gasteiger partial charge in [0.25, 0.3) is 0 Å². The average molecular weight is 454 g/mol. The number of hydrogen-bond acceptors (Lipinski definition) is 6. The fourth-order valence-electron chi connectivity index (χ4n) is 3.44. The van der Waals surface area contributed by atoms with Crippen molar-refractivity contribution in [2.75, 3.05) is 38.9 Å². The number of benzene rings is 1. The Bertz CT molecular complexity index is 853. The molecule has 0 spiro atoms. The molecule has 1 fully saturated rings. The predicted molar refractivity (Wildman–Crippen MR) is 123 cm³/mol. The number of aromatic nitrogens is 2.